The molecule has 1 N–H and O–H groups in total. The van der Waals surface area contributed by atoms with E-state index in [2.05, 4.69) is 20.8 Å². The molecule has 2 aromatic carbocycles. The quantitative estimate of drug-likeness (QED) is 0.460. The van der Waals surface area contributed by atoms with Crippen molar-refractivity contribution in [3.05, 3.63) is 65.5 Å². The molecule has 29 heavy (non-hydrogen) atoms. The number of nitrogens with one attached hydrogen (secondary N) is 1. The van der Waals surface area contributed by atoms with Crippen molar-refractivity contribution in [1.29, 1.82) is 0 Å². The van der Waals surface area contributed by atoms with Crippen molar-refractivity contribution in [3.8, 4) is 5.75 Å². The van der Waals surface area contributed by atoms with Crippen LogP contribution in [0.15, 0.2) is 48.8 Å². The van der Waals surface area contributed by atoms with Gasteiger partial charge in [-0.15, -0.1) is 5.10 Å². The topological polar surface area (TPSA) is 108 Å². The lowest BCUT2D eigenvalue weighted by molar-refractivity contribution is -0.116. The number of carbonyl (C=O) groups is 2. The van der Waals surface area contributed by atoms with Gasteiger partial charge in [-0.05, 0) is 47.5 Å². The van der Waals surface area contributed by atoms with Crippen LogP contribution >= 0.6 is 0 Å². The summed E-state index contributed by atoms with van der Waals surface area (Å²) < 4.78 is 12.3. The summed E-state index contributed by atoms with van der Waals surface area (Å²) in [6.45, 7) is 4.16. The molecule has 0 atom stereocenters. The Morgan fingerprint density at radius 3 is 2.52 bits per heavy atom. The third kappa shape index (κ3) is 5.38. The van der Waals surface area contributed by atoms with Gasteiger partial charge in [-0.25, -0.2) is 9.48 Å². The first-order chi connectivity index (χ1) is 14.0. The van der Waals surface area contributed by atoms with E-state index in [0.717, 1.165) is 16.9 Å². The molecule has 9 heteroatoms. The van der Waals surface area contributed by atoms with Crippen molar-refractivity contribution in [2.75, 3.05) is 18.5 Å². The predicted octanol–water partition coefficient (Wildman–Crippen LogP) is 2.16. The second kappa shape index (κ2) is 9.45. The SMILES string of the molecule is Cc1cccc(C)c1OCCOC(=O)c1ccccc1NC(=O)Cn1cnnn1. The summed E-state index contributed by atoms with van der Waals surface area (Å²) in [7, 11) is 0. The molecular formula is C20H21N5O4. The molecule has 9 nitrogen and oxygen atoms in total. The number of hydrogen-bond acceptors (Lipinski definition) is 7. The first kappa shape index (κ1) is 20.0. The third-order valence-electron chi connectivity index (χ3n) is 4.09. The van der Waals surface area contributed by atoms with Gasteiger partial charge in [-0.1, -0.05) is 30.3 Å². The number of anilines is 1. The van der Waals surface area contributed by atoms with Crippen LogP contribution in [-0.2, 0) is 16.1 Å². The van der Waals surface area contributed by atoms with E-state index in [9.17, 15) is 9.59 Å². The molecule has 150 valence electrons. The van der Waals surface area contributed by atoms with Gasteiger partial charge in [0.25, 0.3) is 0 Å². The lowest BCUT2D eigenvalue weighted by Crippen LogP contribution is -2.21. The van der Waals surface area contributed by atoms with Crippen molar-refractivity contribution < 1.29 is 19.1 Å². The molecule has 0 spiro atoms. The zero-order valence-electron chi connectivity index (χ0n) is 16.2. The second-order valence-corrected chi connectivity index (χ2v) is 6.31. The van der Waals surface area contributed by atoms with Gasteiger partial charge in [0.1, 0.15) is 31.8 Å². The molecule has 0 radical (unpaired) electrons. The maximum Gasteiger partial charge on any atom is 0.340 e. The van der Waals surface area contributed by atoms with Crippen molar-refractivity contribution >= 4 is 17.6 Å². The van der Waals surface area contributed by atoms with E-state index < -0.39 is 5.97 Å². The van der Waals surface area contributed by atoms with Gasteiger partial charge in [0.2, 0.25) is 5.91 Å². The number of para-hydroxylation sites is 2. The smallest absolute Gasteiger partial charge is 0.340 e. The largest absolute Gasteiger partial charge is 0.489 e. The van der Waals surface area contributed by atoms with Crippen LogP contribution in [0.25, 0.3) is 0 Å². The number of carbonyl (C=O) groups excluding carboxylic acids is 2. The Balaban J connectivity index is 1.55. The minimum atomic E-state index is -0.548. The van der Waals surface area contributed by atoms with E-state index in [0.29, 0.717) is 5.69 Å². The number of aryl methyl sites for hydroxylation is 2. The van der Waals surface area contributed by atoms with Crippen LogP contribution in [-0.4, -0.2) is 45.3 Å². The highest BCUT2D eigenvalue weighted by molar-refractivity contribution is 6.01. The second-order valence-electron chi connectivity index (χ2n) is 6.31. The molecule has 0 saturated carbocycles. The molecule has 0 fully saturated rings. The maximum absolute atomic E-state index is 12.4. The summed E-state index contributed by atoms with van der Waals surface area (Å²) >= 11 is 0. The minimum Gasteiger partial charge on any atom is -0.489 e. The lowest BCUT2D eigenvalue weighted by atomic mass is 10.1. The van der Waals surface area contributed by atoms with Crippen LogP contribution in [0, 0.1) is 13.8 Å². The number of nitrogens with zero attached hydrogens (tertiary/aromatic N) is 4. The van der Waals surface area contributed by atoms with Crippen LogP contribution in [0.3, 0.4) is 0 Å². The molecule has 3 rings (SSSR count). The minimum absolute atomic E-state index is 0.0694. The molecule has 0 unspecified atom stereocenters. The van der Waals surface area contributed by atoms with Gasteiger partial charge in [0.15, 0.2) is 0 Å². The molecule has 1 heterocycles. The van der Waals surface area contributed by atoms with E-state index in [1.165, 1.54) is 11.0 Å². The first-order valence-electron chi connectivity index (χ1n) is 9.00. The van der Waals surface area contributed by atoms with E-state index in [1.54, 1.807) is 24.3 Å². The fraction of sp³-hybridized carbons (Fsp3) is 0.250. The van der Waals surface area contributed by atoms with Crippen LogP contribution in [0.1, 0.15) is 21.5 Å². The predicted molar refractivity (Wildman–Crippen MR) is 105 cm³/mol. The fourth-order valence-corrected chi connectivity index (χ4v) is 2.74. The molecule has 1 amide bonds. The Bertz CT molecular complexity index is 968. The van der Waals surface area contributed by atoms with Crippen molar-refractivity contribution in [1.82, 2.24) is 20.2 Å². The number of tetrazole rings is 1. The molecule has 1 aromatic heterocycles. The van der Waals surface area contributed by atoms with Crippen molar-refractivity contribution in [2.45, 2.75) is 20.4 Å². The number of aromatic nitrogens is 4. The zero-order chi connectivity index (χ0) is 20.6. The Morgan fingerprint density at radius 1 is 1.03 bits per heavy atom. The van der Waals surface area contributed by atoms with Crippen LogP contribution < -0.4 is 10.1 Å². The van der Waals surface area contributed by atoms with E-state index in [1.807, 2.05) is 32.0 Å². The average Bonchev–Trinajstić information content (AvgIpc) is 3.20. The Labute approximate surface area is 167 Å². The number of benzene rings is 2. The number of esters is 1. The molecule has 0 aliphatic heterocycles. The van der Waals surface area contributed by atoms with Gasteiger partial charge in [0.05, 0.1) is 11.3 Å². The zero-order valence-corrected chi connectivity index (χ0v) is 16.2. The highest BCUT2D eigenvalue weighted by Gasteiger charge is 2.15. The summed E-state index contributed by atoms with van der Waals surface area (Å²) in [6.07, 6.45) is 1.33. The molecule has 0 aliphatic carbocycles. The lowest BCUT2D eigenvalue weighted by Gasteiger charge is -2.13. The van der Waals surface area contributed by atoms with E-state index in [-0.39, 0.29) is 31.2 Å². The molecule has 0 saturated heterocycles. The maximum atomic E-state index is 12.4. The normalized spacial score (nSPS) is 10.4. The molecule has 0 bridgehead atoms. The molecule has 3 aromatic rings. The van der Waals surface area contributed by atoms with E-state index >= 15 is 0 Å². The van der Waals surface area contributed by atoms with Gasteiger partial charge in [-0.3, -0.25) is 4.79 Å². The van der Waals surface area contributed by atoms with Crippen LogP contribution in [0.4, 0.5) is 5.69 Å². The van der Waals surface area contributed by atoms with Crippen molar-refractivity contribution in [2.24, 2.45) is 0 Å². The number of hydrogen-bond donors (Lipinski definition) is 1. The standard InChI is InChI=1S/C20H21N5O4/c1-14-6-5-7-15(2)19(14)28-10-11-29-20(27)16-8-3-4-9-17(16)22-18(26)12-25-13-21-23-24-25/h3-9,13H,10-12H2,1-2H3,(H,22,26). The first-order valence-corrected chi connectivity index (χ1v) is 9.00. The molecular weight excluding hydrogens is 374 g/mol. The van der Waals surface area contributed by atoms with Crippen LogP contribution in [0.5, 0.6) is 5.75 Å². The summed E-state index contributed by atoms with van der Waals surface area (Å²) in [6, 6.07) is 12.5. The fourth-order valence-electron chi connectivity index (χ4n) is 2.74. The summed E-state index contributed by atoms with van der Waals surface area (Å²) in [5, 5.41) is 13.2. The summed E-state index contributed by atoms with van der Waals surface area (Å²) in [5.41, 5.74) is 2.65. The monoisotopic (exact) mass is 395 g/mol. The van der Waals surface area contributed by atoms with Gasteiger partial charge in [-0.2, -0.15) is 0 Å². The number of ether oxygens (including phenoxy) is 2. The molecule has 0 aliphatic rings. The Morgan fingerprint density at radius 2 is 1.79 bits per heavy atom. The third-order valence-corrected chi connectivity index (χ3v) is 4.09. The summed E-state index contributed by atoms with van der Waals surface area (Å²) in [5.74, 6) is -0.122. The summed E-state index contributed by atoms with van der Waals surface area (Å²) in [4.78, 5) is 24.6. The van der Waals surface area contributed by atoms with E-state index in [4.69, 9.17) is 9.47 Å². The number of rotatable bonds is 8. The average molecular weight is 395 g/mol. The highest BCUT2D eigenvalue weighted by atomic mass is 16.6. The number of amides is 1. The Hall–Kier alpha value is -3.75. The highest BCUT2D eigenvalue weighted by Crippen LogP contribution is 2.22. The van der Waals surface area contributed by atoms with Crippen molar-refractivity contribution in [3.63, 3.8) is 0 Å². The van der Waals surface area contributed by atoms with Gasteiger partial charge < -0.3 is 14.8 Å². The van der Waals surface area contributed by atoms with Crippen LogP contribution in [0.2, 0.25) is 0 Å². The Kier molecular flexibility index (Phi) is 6.51. The van der Waals surface area contributed by atoms with Gasteiger partial charge >= 0.3 is 5.97 Å². The van der Waals surface area contributed by atoms with Gasteiger partial charge in [0, 0.05) is 0 Å².